The van der Waals surface area contributed by atoms with Crippen molar-refractivity contribution in [3.63, 3.8) is 0 Å². The Morgan fingerprint density at radius 2 is 2.07 bits per heavy atom. The molecule has 84 valence electrons. The fourth-order valence-electron chi connectivity index (χ4n) is 1.66. The minimum atomic E-state index is -0.304. The molecule has 0 saturated carbocycles. The summed E-state index contributed by atoms with van der Waals surface area (Å²) in [4.78, 5) is 12.5. The number of carbonyl (C=O) groups excluding carboxylic acids is 1. The Labute approximate surface area is 96.6 Å². The molecule has 1 aliphatic rings. The number of piperidine rings is 1. The second-order valence-corrected chi connectivity index (χ2v) is 3.81. The summed E-state index contributed by atoms with van der Waals surface area (Å²) in [6.07, 6.45) is 2.15. The number of likely N-dealkylation sites (tertiary alicyclic amines) is 1. The highest BCUT2D eigenvalue weighted by Gasteiger charge is 2.20. The van der Waals surface area contributed by atoms with Crippen molar-refractivity contribution < 1.29 is 4.79 Å². The molecule has 0 aromatic rings. The molecule has 1 rings (SSSR count). The number of rotatable bonds is 3. The summed E-state index contributed by atoms with van der Waals surface area (Å²) in [5.41, 5.74) is 0. The van der Waals surface area contributed by atoms with Gasteiger partial charge in [-0.15, -0.1) is 12.4 Å². The molecule has 0 aromatic heterocycles. The van der Waals surface area contributed by atoms with Crippen LogP contribution in [0.3, 0.4) is 0 Å². The molecule has 3 nitrogen and oxygen atoms in total. The molecule has 1 N–H and O–H groups in total. The van der Waals surface area contributed by atoms with Crippen LogP contribution in [0.15, 0.2) is 0 Å². The van der Waals surface area contributed by atoms with Crippen LogP contribution >= 0.6 is 24.0 Å². The third-order valence-electron chi connectivity index (χ3n) is 2.55. The van der Waals surface area contributed by atoms with Gasteiger partial charge in [0.25, 0.3) is 0 Å². The normalized spacial score (nSPS) is 17.7. The van der Waals surface area contributed by atoms with Crippen LogP contribution in [-0.4, -0.2) is 36.4 Å². The fourth-order valence-corrected chi connectivity index (χ4v) is 1.83. The summed E-state index contributed by atoms with van der Waals surface area (Å²) in [6.45, 7) is 5.84. The lowest BCUT2D eigenvalue weighted by Crippen LogP contribution is -2.38. The van der Waals surface area contributed by atoms with E-state index in [4.69, 9.17) is 11.6 Å². The maximum Gasteiger partial charge on any atom is 0.316 e. The number of hydrogen-bond acceptors (Lipinski definition) is 2. The molecule has 1 fully saturated rings. The van der Waals surface area contributed by atoms with Crippen molar-refractivity contribution in [2.45, 2.75) is 19.8 Å². The van der Waals surface area contributed by atoms with Crippen LogP contribution in [0.2, 0.25) is 0 Å². The number of carbonyl (C=O) groups is 1. The highest BCUT2D eigenvalue weighted by molar-refractivity contribution is 6.62. The number of amides is 1. The molecule has 0 unspecified atom stereocenters. The first-order chi connectivity index (χ1) is 6.24. The molecule has 0 aromatic carbocycles. The van der Waals surface area contributed by atoms with E-state index < -0.39 is 0 Å². The monoisotopic (exact) mass is 240 g/mol. The molecule has 0 aliphatic carbocycles. The molecule has 1 amide bonds. The van der Waals surface area contributed by atoms with Crippen LogP contribution in [0.1, 0.15) is 19.8 Å². The van der Waals surface area contributed by atoms with Crippen LogP contribution in [0, 0.1) is 5.92 Å². The molecule has 0 atom stereocenters. The molecule has 1 saturated heterocycles. The number of halogens is 2. The van der Waals surface area contributed by atoms with E-state index >= 15 is 0 Å². The summed E-state index contributed by atoms with van der Waals surface area (Å²) in [5, 5.41) is 3.02. The van der Waals surface area contributed by atoms with Gasteiger partial charge < -0.3 is 10.2 Å². The third-order valence-corrected chi connectivity index (χ3v) is 2.79. The lowest BCUT2D eigenvalue weighted by Gasteiger charge is -2.30. The standard InChI is InChI=1S/C9H17ClN2O.ClH/c1-2-11-7-8-3-5-12(6-4-8)9(10)13;/h8,11H,2-7H2,1H3;1H. The Morgan fingerprint density at radius 1 is 1.50 bits per heavy atom. The van der Waals surface area contributed by atoms with Gasteiger partial charge >= 0.3 is 5.37 Å². The van der Waals surface area contributed by atoms with Crippen LogP contribution in [0.25, 0.3) is 0 Å². The summed E-state index contributed by atoms with van der Waals surface area (Å²) in [7, 11) is 0. The van der Waals surface area contributed by atoms with Crippen molar-refractivity contribution in [1.82, 2.24) is 10.2 Å². The van der Waals surface area contributed by atoms with Crippen LogP contribution in [0.4, 0.5) is 4.79 Å². The predicted octanol–water partition coefficient (Wildman–Crippen LogP) is 2.09. The number of hydrogen-bond donors (Lipinski definition) is 1. The molecular weight excluding hydrogens is 223 g/mol. The zero-order valence-electron chi connectivity index (χ0n) is 8.46. The van der Waals surface area contributed by atoms with Gasteiger partial charge in [0.2, 0.25) is 0 Å². The van der Waals surface area contributed by atoms with Crippen molar-refractivity contribution in [2.24, 2.45) is 5.92 Å². The minimum absolute atomic E-state index is 0. The van der Waals surface area contributed by atoms with E-state index in [9.17, 15) is 4.79 Å². The van der Waals surface area contributed by atoms with E-state index in [-0.39, 0.29) is 17.8 Å². The molecule has 0 bridgehead atoms. The molecule has 1 heterocycles. The average molecular weight is 241 g/mol. The van der Waals surface area contributed by atoms with Crippen molar-refractivity contribution >= 4 is 29.4 Å². The van der Waals surface area contributed by atoms with Gasteiger partial charge in [-0.2, -0.15) is 0 Å². The second kappa shape index (κ2) is 7.32. The van der Waals surface area contributed by atoms with Crippen LogP contribution in [-0.2, 0) is 0 Å². The van der Waals surface area contributed by atoms with Crippen molar-refractivity contribution in [3.05, 3.63) is 0 Å². The van der Waals surface area contributed by atoms with Gasteiger partial charge in [0.1, 0.15) is 0 Å². The molecule has 5 heteroatoms. The van der Waals surface area contributed by atoms with Crippen LogP contribution in [0.5, 0.6) is 0 Å². The zero-order valence-corrected chi connectivity index (χ0v) is 10.0. The lowest BCUT2D eigenvalue weighted by molar-refractivity contribution is 0.190. The summed E-state index contributed by atoms with van der Waals surface area (Å²) in [5.74, 6) is 0.715. The molecular formula is C9H18Cl2N2O. The largest absolute Gasteiger partial charge is 0.329 e. The maximum absolute atomic E-state index is 10.8. The Balaban J connectivity index is 0.00000169. The van der Waals surface area contributed by atoms with Gasteiger partial charge in [-0.3, -0.25) is 4.79 Å². The fraction of sp³-hybridized carbons (Fsp3) is 0.889. The number of nitrogens with one attached hydrogen (secondary N) is 1. The van der Waals surface area contributed by atoms with Crippen LogP contribution < -0.4 is 5.32 Å². The van der Waals surface area contributed by atoms with E-state index in [2.05, 4.69) is 12.2 Å². The SMILES string of the molecule is CCNCC1CCN(C(=O)Cl)CC1.Cl. The average Bonchev–Trinajstić information content (AvgIpc) is 2.15. The Morgan fingerprint density at radius 3 is 2.50 bits per heavy atom. The van der Waals surface area contributed by atoms with E-state index in [0.29, 0.717) is 5.92 Å². The topological polar surface area (TPSA) is 32.3 Å². The Hall–Kier alpha value is 0.01000. The minimum Gasteiger partial charge on any atom is -0.329 e. The van der Waals surface area contributed by atoms with Gasteiger partial charge in [0, 0.05) is 13.1 Å². The highest BCUT2D eigenvalue weighted by Crippen LogP contribution is 2.17. The molecule has 0 radical (unpaired) electrons. The van der Waals surface area contributed by atoms with E-state index in [1.807, 2.05) is 0 Å². The first-order valence-corrected chi connectivity index (χ1v) is 5.27. The zero-order chi connectivity index (χ0) is 9.68. The van der Waals surface area contributed by atoms with Crippen molar-refractivity contribution in [3.8, 4) is 0 Å². The molecule has 14 heavy (non-hydrogen) atoms. The highest BCUT2D eigenvalue weighted by atomic mass is 35.5. The van der Waals surface area contributed by atoms with Gasteiger partial charge in [-0.05, 0) is 43.5 Å². The Bertz CT molecular complexity index is 170. The summed E-state index contributed by atoms with van der Waals surface area (Å²) >= 11 is 5.38. The summed E-state index contributed by atoms with van der Waals surface area (Å²) < 4.78 is 0. The first-order valence-electron chi connectivity index (χ1n) is 4.89. The smallest absolute Gasteiger partial charge is 0.316 e. The van der Waals surface area contributed by atoms with Gasteiger partial charge in [0.05, 0.1) is 0 Å². The predicted molar refractivity (Wildman–Crippen MR) is 61.3 cm³/mol. The van der Waals surface area contributed by atoms with Crippen molar-refractivity contribution in [2.75, 3.05) is 26.2 Å². The second-order valence-electron chi connectivity index (χ2n) is 3.49. The van der Waals surface area contributed by atoms with E-state index in [0.717, 1.165) is 39.0 Å². The quantitative estimate of drug-likeness (QED) is 0.606. The van der Waals surface area contributed by atoms with Crippen molar-refractivity contribution in [1.29, 1.82) is 0 Å². The maximum atomic E-state index is 10.8. The Kier molecular flexibility index (Phi) is 7.33. The lowest BCUT2D eigenvalue weighted by atomic mass is 9.97. The number of nitrogens with zero attached hydrogens (tertiary/aromatic N) is 1. The first kappa shape index (κ1) is 14.0. The van der Waals surface area contributed by atoms with Gasteiger partial charge in [-0.1, -0.05) is 6.92 Å². The summed E-state index contributed by atoms with van der Waals surface area (Å²) in [6, 6.07) is 0. The third kappa shape index (κ3) is 4.49. The molecule has 1 aliphatic heterocycles. The molecule has 0 spiro atoms. The van der Waals surface area contributed by atoms with E-state index in [1.165, 1.54) is 0 Å². The van der Waals surface area contributed by atoms with Gasteiger partial charge in [-0.25, -0.2) is 0 Å². The van der Waals surface area contributed by atoms with E-state index in [1.54, 1.807) is 4.90 Å². The van der Waals surface area contributed by atoms with Gasteiger partial charge in [0.15, 0.2) is 0 Å².